The number of aromatic carboxylic acids is 1. The highest BCUT2D eigenvalue weighted by Gasteiger charge is 2.00. The minimum absolute atomic E-state index is 0.124. The van der Waals surface area contributed by atoms with E-state index in [0.717, 1.165) is 0 Å². The largest absolute Gasteiger partial charge is 0.478 e. The molecule has 0 amide bonds. The number of aryl methyl sites for hydroxylation is 1. The van der Waals surface area contributed by atoms with Gasteiger partial charge < -0.3 is 5.11 Å². The molecule has 1 heterocycles. The standard InChI is InChI=1S/C12H11N5O3/c1-7-10(18)14-12(17-15-7)16-13-6-8-2-4-9(5-3-8)11(19)20/h2-6H,1H3,(H,19,20)(H2,14,16,17,18)/b13-6-. The molecule has 0 spiro atoms. The van der Waals surface area contributed by atoms with E-state index in [1.807, 2.05) is 0 Å². The minimum atomic E-state index is -0.987. The van der Waals surface area contributed by atoms with E-state index in [0.29, 0.717) is 5.56 Å². The van der Waals surface area contributed by atoms with Gasteiger partial charge in [-0.2, -0.15) is 5.10 Å². The van der Waals surface area contributed by atoms with Crippen molar-refractivity contribution in [1.82, 2.24) is 15.2 Å². The Morgan fingerprint density at radius 2 is 2.05 bits per heavy atom. The predicted octanol–water partition coefficient (Wildman–Crippen LogP) is 0.618. The molecular formula is C12H11N5O3. The van der Waals surface area contributed by atoms with Crippen LogP contribution < -0.4 is 11.0 Å². The molecule has 0 fully saturated rings. The van der Waals surface area contributed by atoms with Crippen molar-refractivity contribution in [1.29, 1.82) is 0 Å². The summed E-state index contributed by atoms with van der Waals surface area (Å²) in [6.45, 7) is 1.54. The Hall–Kier alpha value is -3.03. The zero-order valence-corrected chi connectivity index (χ0v) is 10.5. The summed E-state index contributed by atoms with van der Waals surface area (Å²) in [6.07, 6.45) is 1.46. The van der Waals surface area contributed by atoms with Crippen molar-refractivity contribution in [2.75, 3.05) is 5.43 Å². The first-order valence-corrected chi connectivity index (χ1v) is 5.62. The van der Waals surface area contributed by atoms with Crippen LogP contribution in [0.25, 0.3) is 0 Å². The van der Waals surface area contributed by atoms with Crippen molar-refractivity contribution in [3.8, 4) is 0 Å². The molecule has 0 bridgehead atoms. The van der Waals surface area contributed by atoms with Gasteiger partial charge in [0, 0.05) is 0 Å². The zero-order valence-electron chi connectivity index (χ0n) is 10.5. The van der Waals surface area contributed by atoms with Gasteiger partial charge in [0.1, 0.15) is 5.69 Å². The summed E-state index contributed by atoms with van der Waals surface area (Å²) in [6, 6.07) is 6.16. The molecule has 2 rings (SSSR count). The van der Waals surface area contributed by atoms with Gasteiger partial charge in [0.05, 0.1) is 11.8 Å². The van der Waals surface area contributed by atoms with E-state index >= 15 is 0 Å². The molecule has 0 saturated carbocycles. The third-order valence-corrected chi connectivity index (χ3v) is 2.40. The fourth-order valence-electron chi connectivity index (χ4n) is 1.32. The quantitative estimate of drug-likeness (QED) is 0.554. The first kappa shape index (κ1) is 13.4. The van der Waals surface area contributed by atoms with Crippen LogP contribution in [0.2, 0.25) is 0 Å². The maximum Gasteiger partial charge on any atom is 0.335 e. The van der Waals surface area contributed by atoms with Gasteiger partial charge in [-0.15, -0.1) is 10.2 Å². The number of hydrogen-bond acceptors (Lipinski definition) is 6. The number of nitrogens with one attached hydrogen (secondary N) is 2. The van der Waals surface area contributed by atoms with Crippen LogP contribution in [0, 0.1) is 6.92 Å². The van der Waals surface area contributed by atoms with E-state index in [4.69, 9.17) is 5.11 Å². The van der Waals surface area contributed by atoms with Gasteiger partial charge >= 0.3 is 5.97 Å². The Balaban J connectivity index is 2.04. The monoisotopic (exact) mass is 273 g/mol. The first-order valence-electron chi connectivity index (χ1n) is 5.62. The van der Waals surface area contributed by atoms with E-state index < -0.39 is 5.97 Å². The number of nitrogens with zero attached hydrogens (tertiary/aromatic N) is 3. The summed E-state index contributed by atoms with van der Waals surface area (Å²) >= 11 is 0. The number of anilines is 1. The lowest BCUT2D eigenvalue weighted by Gasteiger charge is -1.98. The highest BCUT2D eigenvalue weighted by atomic mass is 16.4. The van der Waals surface area contributed by atoms with Crippen LogP contribution in [0.15, 0.2) is 34.2 Å². The molecule has 20 heavy (non-hydrogen) atoms. The summed E-state index contributed by atoms with van der Waals surface area (Å²) in [5.74, 6) is -0.863. The third-order valence-electron chi connectivity index (χ3n) is 2.40. The number of H-pyrrole nitrogens is 1. The lowest BCUT2D eigenvalue weighted by molar-refractivity contribution is 0.0697. The van der Waals surface area contributed by atoms with E-state index in [1.165, 1.54) is 18.3 Å². The number of hydrogen-bond donors (Lipinski definition) is 3. The molecule has 0 unspecified atom stereocenters. The zero-order chi connectivity index (χ0) is 14.5. The van der Waals surface area contributed by atoms with E-state index in [-0.39, 0.29) is 22.8 Å². The van der Waals surface area contributed by atoms with Gasteiger partial charge in [0.15, 0.2) is 0 Å². The average molecular weight is 273 g/mol. The number of aromatic amines is 1. The number of hydrazone groups is 1. The van der Waals surface area contributed by atoms with Gasteiger partial charge in [-0.25, -0.2) is 10.2 Å². The number of carbonyl (C=O) groups is 1. The SMILES string of the molecule is Cc1nnc(N/N=C\c2ccc(C(=O)O)cc2)[nH]c1=O. The number of benzene rings is 1. The minimum Gasteiger partial charge on any atom is -0.478 e. The Morgan fingerprint density at radius 1 is 1.35 bits per heavy atom. The number of carboxylic acid groups (broad SMARTS) is 1. The summed E-state index contributed by atoms with van der Waals surface area (Å²) < 4.78 is 0. The fraction of sp³-hybridized carbons (Fsp3) is 0.0833. The molecule has 0 atom stereocenters. The van der Waals surface area contributed by atoms with Gasteiger partial charge in [-0.3, -0.25) is 9.78 Å². The van der Waals surface area contributed by atoms with Crippen LogP contribution in [0.4, 0.5) is 5.95 Å². The molecule has 102 valence electrons. The lowest BCUT2D eigenvalue weighted by Crippen LogP contribution is -2.15. The molecule has 3 N–H and O–H groups in total. The second-order valence-electron chi connectivity index (χ2n) is 3.89. The van der Waals surface area contributed by atoms with Gasteiger partial charge in [0.2, 0.25) is 5.95 Å². The summed E-state index contributed by atoms with van der Waals surface area (Å²) in [5, 5.41) is 20.0. The van der Waals surface area contributed by atoms with Crippen molar-refractivity contribution in [2.24, 2.45) is 5.10 Å². The van der Waals surface area contributed by atoms with E-state index in [9.17, 15) is 9.59 Å². The Labute approximate surface area is 113 Å². The molecule has 0 saturated heterocycles. The van der Waals surface area contributed by atoms with Crippen molar-refractivity contribution >= 4 is 18.1 Å². The van der Waals surface area contributed by atoms with Crippen molar-refractivity contribution in [2.45, 2.75) is 6.92 Å². The molecule has 1 aromatic heterocycles. The number of aromatic nitrogens is 3. The van der Waals surface area contributed by atoms with Crippen molar-refractivity contribution in [3.05, 3.63) is 51.4 Å². The van der Waals surface area contributed by atoms with Crippen molar-refractivity contribution in [3.63, 3.8) is 0 Å². The fourth-order valence-corrected chi connectivity index (χ4v) is 1.32. The second kappa shape index (κ2) is 5.74. The van der Waals surface area contributed by atoms with Crippen LogP contribution in [0.5, 0.6) is 0 Å². The van der Waals surface area contributed by atoms with Crippen LogP contribution >= 0.6 is 0 Å². The summed E-state index contributed by atoms with van der Waals surface area (Å²) in [5.41, 5.74) is 3.34. The van der Waals surface area contributed by atoms with Crippen LogP contribution in [-0.2, 0) is 0 Å². The Morgan fingerprint density at radius 3 is 2.65 bits per heavy atom. The molecule has 0 aliphatic carbocycles. The molecule has 0 aliphatic heterocycles. The molecule has 2 aromatic rings. The molecular weight excluding hydrogens is 262 g/mol. The molecule has 8 heteroatoms. The van der Waals surface area contributed by atoms with Crippen molar-refractivity contribution < 1.29 is 9.90 Å². The first-order chi connectivity index (χ1) is 9.56. The normalized spacial score (nSPS) is 10.7. The highest BCUT2D eigenvalue weighted by molar-refractivity contribution is 5.89. The van der Waals surface area contributed by atoms with Gasteiger partial charge in [-0.1, -0.05) is 12.1 Å². The Bertz CT molecular complexity index is 706. The lowest BCUT2D eigenvalue weighted by atomic mass is 10.1. The number of carboxylic acids is 1. The van der Waals surface area contributed by atoms with E-state index in [1.54, 1.807) is 19.1 Å². The second-order valence-corrected chi connectivity index (χ2v) is 3.89. The van der Waals surface area contributed by atoms with E-state index in [2.05, 4.69) is 25.7 Å². The molecule has 0 aliphatic rings. The van der Waals surface area contributed by atoms with Crippen LogP contribution in [0.1, 0.15) is 21.6 Å². The topological polar surface area (TPSA) is 120 Å². The molecule has 1 aromatic carbocycles. The van der Waals surface area contributed by atoms with Gasteiger partial charge in [-0.05, 0) is 24.6 Å². The maximum absolute atomic E-state index is 11.3. The summed E-state index contributed by atoms with van der Waals surface area (Å²) in [4.78, 5) is 24.4. The maximum atomic E-state index is 11.3. The smallest absolute Gasteiger partial charge is 0.335 e. The average Bonchev–Trinajstić information content (AvgIpc) is 2.43. The van der Waals surface area contributed by atoms with Crippen LogP contribution in [-0.4, -0.2) is 32.5 Å². The summed E-state index contributed by atoms with van der Waals surface area (Å²) in [7, 11) is 0. The third kappa shape index (κ3) is 3.25. The highest BCUT2D eigenvalue weighted by Crippen LogP contribution is 2.02. The Kier molecular flexibility index (Phi) is 3.85. The number of rotatable bonds is 4. The molecule has 8 nitrogen and oxygen atoms in total. The predicted molar refractivity (Wildman–Crippen MR) is 72.0 cm³/mol. The molecule has 0 radical (unpaired) electrons. The van der Waals surface area contributed by atoms with Crippen LogP contribution in [0.3, 0.4) is 0 Å². The van der Waals surface area contributed by atoms with Gasteiger partial charge in [0.25, 0.3) is 5.56 Å².